The molecule has 0 bridgehead atoms. The van der Waals surface area contributed by atoms with Gasteiger partial charge in [-0.1, -0.05) is 6.07 Å². The van der Waals surface area contributed by atoms with Gasteiger partial charge in [0.25, 0.3) is 5.56 Å². The Hall–Kier alpha value is -3.25. The van der Waals surface area contributed by atoms with Crippen LogP contribution < -0.4 is 10.9 Å². The molecule has 0 fully saturated rings. The van der Waals surface area contributed by atoms with E-state index >= 15 is 0 Å². The number of rotatable bonds is 2. The average molecular weight is 385 g/mol. The number of nitrogens with one attached hydrogen (secondary N) is 1. The van der Waals surface area contributed by atoms with E-state index in [1.165, 1.54) is 16.6 Å². The molecular weight excluding hydrogens is 362 g/mol. The van der Waals surface area contributed by atoms with Crippen LogP contribution in [0.1, 0.15) is 17.0 Å². The number of pyridine rings is 3. The SMILES string of the molecule is Cc1ccc(-c2ccn(-c3ccc4c5c(n(C)c4n3)CCNCC5)c(=O)c2)cn1. The summed E-state index contributed by atoms with van der Waals surface area (Å²) in [5, 5.41) is 4.64. The van der Waals surface area contributed by atoms with Crippen LogP contribution in [-0.2, 0) is 19.9 Å². The molecule has 0 saturated heterocycles. The first-order chi connectivity index (χ1) is 14.1. The number of hydrogen-bond donors (Lipinski definition) is 1. The van der Waals surface area contributed by atoms with E-state index < -0.39 is 0 Å². The van der Waals surface area contributed by atoms with E-state index in [0.717, 1.165) is 48.4 Å². The van der Waals surface area contributed by atoms with Crippen molar-refractivity contribution in [3.05, 3.63) is 76.1 Å². The molecule has 0 saturated carbocycles. The molecule has 0 unspecified atom stereocenters. The van der Waals surface area contributed by atoms with Gasteiger partial charge in [-0.15, -0.1) is 0 Å². The van der Waals surface area contributed by atoms with E-state index in [9.17, 15) is 4.79 Å². The van der Waals surface area contributed by atoms with Crippen LogP contribution in [0.15, 0.2) is 53.6 Å². The predicted molar refractivity (Wildman–Crippen MR) is 115 cm³/mol. The highest BCUT2D eigenvalue weighted by atomic mass is 16.1. The van der Waals surface area contributed by atoms with E-state index in [0.29, 0.717) is 5.82 Å². The minimum atomic E-state index is -0.102. The maximum atomic E-state index is 12.8. The zero-order valence-corrected chi connectivity index (χ0v) is 16.6. The lowest BCUT2D eigenvalue weighted by Crippen LogP contribution is -2.18. The fourth-order valence-electron chi connectivity index (χ4n) is 4.18. The topological polar surface area (TPSA) is 64.7 Å². The molecule has 5 rings (SSSR count). The Morgan fingerprint density at radius 3 is 2.69 bits per heavy atom. The summed E-state index contributed by atoms with van der Waals surface area (Å²) in [6.45, 7) is 3.92. The summed E-state index contributed by atoms with van der Waals surface area (Å²) in [4.78, 5) is 22.0. The molecule has 1 aliphatic heterocycles. The fraction of sp³-hybridized carbons (Fsp3) is 0.261. The molecule has 29 heavy (non-hydrogen) atoms. The van der Waals surface area contributed by atoms with Crippen molar-refractivity contribution in [3.8, 4) is 16.9 Å². The van der Waals surface area contributed by atoms with Crippen molar-refractivity contribution >= 4 is 11.0 Å². The number of hydrogen-bond acceptors (Lipinski definition) is 4. The molecule has 0 spiro atoms. The van der Waals surface area contributed by atoms with E-state index in [1.807, 2.05) is 31.2 Å². The van der Waals surface area contributed by atoms with Gasteiger partial charge in [0.2, 0.25) is 0 Å². The van der Waals surface area contributed by atoms with Crippen molar-refractivity contribution in [2.45, 2.75) is 19.8 Å². The molecule has 4 aromatic rings. The van der Waals surface area contributed by atoms with Crippen LogP contribution in [0.5, 0.6) is 0 Å². The molecule has 5 heterocycles. The third kappa shape index (κ3) is 3.06. The molecule has 6 nitrogen and oxygen atoms in total. The van der Waals surface area contributed by atoms with Crippen molar-refractivity contribution in [1.82, 2.24) is 24.4 Å². The Bertz CT molecular complexity index is 1270. The third-order valence-corrected chi connectivity index (χ3v) is 5.76. The summed E-state index contributed by atoms with van der Waals surface area (Å²) >= 11 is 0. The zero-order valence-electron chi connectivity index (χ0n) is 16.6. The third-order valence-electron chi connectivity index (χ3n) is 5.76. The van der Waals surface area contributed by atoms with Gasteiger partial charge >= 0.3 is 0 Å². The van der Waals surface area contributed by atoms with Gasteiger partial charge in [-0.05, 0) is 55.3 Å². The summed E-state index contributed by atoms with van der Waals surface area (Å²) in [5.41, 5.74) is 6.30. The van der Waals surface area contributed by atoms with Crippen LogP contribution in [0.4, 0.5) is 0 Å². The molecule has 0 aliphatic carbocycles. The van der Waals surface area contributed by atoms with Gasteiger partial charge in [0.05, 0.1) is 0 Å². The Morgan fingerprint density at radius 2 is 1.90 bits per heavy atom. The first-order valence-corrected chi connectivity index (χ1v) is 9.96. The van der Waals surface area contributed by atoms with Gasteiger partial charge in [-0.25, -0.2) is 4.98 Å². The van der Waals surface area contributed by atoms with Crippen LogP contribution in [0, 0.1) is 6.92 Å². The maximum absolute atomic E-state index is 12.8. The second-order valence-corrected chi connectivity index (χ2v) is 7.59. The standard InChI is InChI=1S/C23H23N5O/c1-15-3-4-17(14-25-15)16-9-12-28(22(29)13-16)21-6-5-19-18-7-10-24-11-8-20(18)27(2)23(19)26-21/h3-6,9,12-14,24H,7-8,10-11H2,1-2H3. The number of aromatic nitrogens is 4. The van der Waals surface area contributed by atoms with Crippen LogP contribution in [0.25, 0.3) is 28.0 Å². The number of nitrogens with zero attached hydrogens (tertiary/aromatic N) is 4. The Labute approximate surface area is 168 Å². The molecule has 0 atom stereocenters. The first kappa shape index (κ1) is 17.8. The summed E-state index contributed by atoms with van der Waals surface area (Å²) in [5.74, 6) is 0.643. The lowest BCUT2D eigenvalue weighted by Gasteiger charge is -2.08. The quantitative estimate of drug-likeness (QED) is 0.576. The number of fused-ring (bicyclic) bond motifs is 3. The highest BCUT2D eigenvalue weighted by Crippen LogP contribution is 2.27. The van der Waals surface area contributed by atoms with Crippen molar-refractivity contribution in [2.24, 2.45) is 7.05 Å². The van der Waals surface area contributed by atoms with E-state index in [-0.39, 0.29) is 5.56 Å². The Balaban J connectivity index is 1.58. The largest absolute Gasteiger partial charge is 0.332 e. The van der Waals surface area contributed by atoms with Crippen LogP contribution in [0.3, 0.4) is 0 Å². The lowest BCUT2D eigenvalue weighted by molar-refractivity contribution is 0.698. The maximum Gasteiger partial charge on any atom is 0.256 e. The Morgan fingerprint density at radius 1 is 1.03 bits per heavy atom. The second kappa shape index (κ2) is 6.97. The normalized spacial score (nSPS) is 14.0. The monoisotopic (exact) mass is 385 g/mol. The van der Waals surface area contributed by atoms with Crippen LogP contribution in [-0.4, -0.2) is 32.2 Å². The fourth-order valence-corrected chi connectivity index (χ4v) is 4.18. The van der Waals surface area contributed by atoms with Gasteiger partial charge in [-0.2, -0.15) is 0 Å². The van der Waals surface area contributed by atoms with Crippen molar-refractivity contribution in [1.29, 1.82) is 0 Å². The summed E-state index contributed by atoms with van der Waals surface area (Å²) in [6.07, 6.45) is 5.60. The molecular formula is C23H23N5O. The minimum absolute atomic E-state index is 0.102. The van der Waals surface area contributed by atoms with Crippen LogP contribution >= 0.6 is 0 Å². The zero-order chi connectivity index (χ0) is 20.0. The van der Waals surface area contributed by atoms with Gasteiger partial charge in [0.15, 0.2) is 0 Å². The van der Waals surface area contributed by atoms with E-state index in [4.69, 9.17) is 4.98 Å². The molecule has 0 aromatic carbocycles. The smallest absolute Gasteiger partial charge is 0.256 e. The van der Waals surface area contributed by atoms with E-state index in [2.05, 4.69) is 28.0 Å². The summed E-state index contributed by atoms with van der Waals surface area (Å²) in [6, 6.07) is 11.6. The summed E-state index contributed by atoms with van der Waals surface area (Å²) in [7, 11) is 2.07. The average Bonchev–Trinajstić information content (AvgIpc) is 2.89. The van der Waals surface area contributed by atoms with Gasteiger partial charge in [0.1, 0.15) is 11.5 Å². The van der Waals surface area contributed by atoms with Crippen molar-refractivity contribution < 1.29 is 0 Å². The summed E-state index contributed by atoms with van der Waals surface area (Å²) < 4.78 is 3.78. The van der Waals surface area contributed by atoms with E-state index in [1.54, 1.807) is 23.0 Å². The molecule has 1 aliphatic rings. The predicted octanol–water partition coefficient (Wildman–Crippen LogP) is 2.78. The van der Waals surface area contributed by atoms with Gasteiger partial charge < -0.3 is 9.88 Å². The van der Waals surface area contributed by atoms with Crippen LogP contribution in [0.2, 0.25) is 0 Å². The molecule has 4 aromatic heterocycles. The van der Waals surface area contributed by atoms with Crippen molar-refractivity contribution in [2.75, 3.05) is 13.1 Å². The lowest BCUT2D eigenvalue weighted by atomic mass is 10.1. The van der Waals surface area contributed by atoms with Crippen molar-refractivity contribution in [3.63, 3.8) is 0 Å². The highest BCUT2D eigenvalue weighted by molar-refractivity contribution is 5.83. The molecule has 1 N–H and O–H groups in total. The highest BCUT2D eigenvalue weighted by Gasteiger charge is 2.18. The number of aryl methyl sites for hydroxylation is 2. The molecule has 146 valence electrons. The second-order valence-electron chi connectivity index (χ2n) is 7.59. The first-order valence-electron chi connectivity index (χ1n) is 9.96. The minimum Gasteiger partial charge on any atom is -0.332 e. The molecule has 6 heteroatoms. The Kier molecular flexibility index (Phi) is 4.28. The molecule has 0 radical (unpaired) electrons. The van der Waals surface area contributed by atoms with Gasteiger partial charge in [-0.3, -0.25) is 14.3 Å². The molecule has 0 amide bonds. The van der Waals surface area contributed by atoms with Gasteiger partial charge in [0, 0.05) is 60.8 Å².